The average Bonchev–Trinajstić information content (AvgIpc) is 2.39. The van der Waals surface area contributed by atoms with Crippen LogP contribution >= 0.6 is 0 Å². The number of hydrogen-bond donors (Lipinski definition) is 0. The van der Waals surface area contributed by atoms with E-state index in [0.29, 0.717) is 11.8 Å². The van der Waals surface area contributed by atoms with Crippen LogP contribution in [-0.4, -0.2) is 27.8 Å². The molecule has 0 aliphatic carbocycles. The molecule has 18 heavy (non-hydrogen) atoms. The standard InChI is InChI=1S/C13H14N4O/c1-9(11-7-5-4-6-8-11)14-12-15-10(2)16-13(17-12)18-3/h4-8H,1-3H3/b14-9+. The van der Waals surface area contributed by atoms with Crippen molar-refractivity contribution in [3.05, 3.63) is 41.7 Å². The Morgan fingerprint density at radius 2 is 1.83 bits per heavy atom. The zero-order chi connectivity index (χ0) is 13.0. The second kappa shape index (κ2) is 5.35. The van der Waals surface area contributed by atoms with E-state index < -0.39 is 0 Å². The highest BCUT2D eigenvalue weighted by molar-refractivity contribution is 5.99. The smallest absolute Gasteiger partial charge is 0.321 e. The second-order valence-electron chi connectivity index (χ2n) is 3.73. The fraction of sp³-hybridized carbons (Fsp3) is 0.231. The van der Waals surface area contributed by atoms with E-state index in [-0.39, 0.29) is 6.01 Å². The molecule has 0 aliphatic heterocycles. The van der Waals surface area contributed by atoms with Gasteiger partial charge in [-0.25, -0.2) is 4.99 Å². The number of aryl methyl sites for hydroxylation is 1. The van der Waals surface area contributed by atoms with Crippen LogP contribution in [0.4, 0.5) is 5.95 Å². The van der Waals surface area contributed by atoms with Crippen LogP contribution in [0.5, 0.6) is 6.01 Å². The van der Waals surface area contributed by atoms with Gasteiger partial charge in [0.25, 0.3) is 5.95 Å². The summed E-state index contributed by atoms with van der Waals surface area (Å²) in [6.45, 7) is 3.70. The zero-order valence-corrected chi connectivity index (χ0v) is 10.6. The van der Waals surface area contributed by atoms with Crippen molar-refractivity contribution in [2.45, 2.75) is 13.8 Å². The third-order valence-electron chi connectivity index (χ3n) is 2.36. The van der Waals surface area contributed by atoms with Gasteiger partial charge in [-0.1, -0.05) is 30.3 Å². The molecule has 5 heteroatoms. The summed E-state index contributed by atoms with van der Waals surface area (Å²) in [4.78, 5) is 16.6. The summed E-state index contributed by atoms with van der Waals surface area (Å²) in [6, 6.07) is 10.2. The van der Waals surface area contributed by atoms with E-state index >= 15 is 0 Å². The van der Waals surface area contributed by atoms with Gasteiger partial charge < -0.3 is 4.74 Å². The summed E-state index contributed by atoms with van der Waals surface area (Å²) in [5.41, 5.74) is 1.89. The predicted octanol–water partition coefficient (Wildman–Crippen LogP) is 2.33. The van der Waals surface area contributed by atoms with Gasteiger partial charge in [-0.3, -0.25) is 0 Å². The van der Waals surface area contributed by atoms with Gasteiger partial charge >= 0.3 is 6.01 Å². The van der Waals surface area contributed by atoms with Crippen molar-refractivity contribution < 1.29 is 4.74 Å². The lowest BCUT2D eigenvalue weighted by atomic mass is 10.1. The van der Waals surface area contributed by atoms with Crippen molar-refractivity contribution in [2.24, 2.45) is 4.99 Å². The average molecular weight is 242 g/mol. The SMILES string of the molecule is COc1nc(C)nc(/N=C(\C)c2ccccc2)n1. The summed E-state index contributed by atoms with van der Waals surface area (Å²) in [5, 5.41) is 0. The number of aromatic nitrogens is 3. The maximum Gasteiger partial charge on any atom is 0.321 e. The van der Waals surface area contributed by atoms with Crippen LogP contribution in [0.2, 0.25) is 0 Å². The fourth-order valence-electron chi connectivity index (χ4n) is 1.48. The van der Waals surface area contributed by atoms with Crippen LogP contribution in [0, 0.1) is 6.92 Å². The van der Waals surface area contributed by atoms with E-state index in [1.165, 1.54) is 7.11 Å². The van der Waals surface area contributed by atoms with Crippen molar-refractivity contribution >= 4 is 11.7 Å². The zero-order valence-electron chi connectivity index (χ0n) is 10.6. The number of hydrogen-bond acceptors (Lipinski definition) is 5. The highest BCUT2D eigenvalue weighted by Gasteiger charge is 2.04. The Kier molecular flexibility index (Phi) is 3.62. The number of nitrogens with zero attached hydrogens (tertiary/aromatic N) is 4. The molecule has 2 rings (SSSR count). The Hall–Kier alpha value is -2.30. The first-order chi connectivity index (χ1) is 8.69. The van der Waals surface area contributed by atoms with E-state index in [9.17, 15) is 0 Å². The van der Waals surface area contributed by atoms with Gasteiger partial charge in [-0.15, -0.1) is 0 Å². The molecule has 92 valence electrons. The van der Waals surface area contributed by atoms with Crippen molar-refractivity contribution in [3.63, 3.8) is 0 Å². The molecule has 0 N–H and O–H groups in total. The highest BCUT2D eigenvalue weighted by atomic mass is 16.5. The molecule has 0 aliphatic rings. The van der Waals surface area contributed by atoms with Gasteiger partial charge in [-0.05, 0) is 19.4 Å². The molecule has 0 bridgehead atoms. The van der Waals surface area contributed by atoms with Crippen molar-refractivity contribution in [2.75, 3.05) is 7.11 Å². The van der Waals surface area contributed by atoms with E-state index in [1.807, 2.05) is 37.3 Å². The summed E-state index contributed by atoms with van der Waals surface area (Å²) < 4.78 is 4.99. The Bertz CT molecular complexity index is 566. The Balaban J connectivity index is 2.35. The van der Waals surface area contributed by atoms with E-state index in [2.05, 4.69) is 19.9 Å². The largest absolute Gasteiger partial charge is 0.467 e. The molecule has 0 radical (unpaired) electrons. The molecule has 1 aromatic heterocycles. The molecule has 2 aromatic rings. The summed E-state index contributed by atoms with van der Waals surface area (Å²) >= 11 is 0. The van der Waals surface area contributed by atoms with Gasteiger partial charge in [0, 0.05) is 5.71 Å². The lowest BCUT2D eigenvalue weighted by Crippen LogP contribution is -1.99. The quantitative estimate of drug-likeness (QED) is 0.775. The van der Waals surface area contributed by atoms with Crippen LogP contribution in [0.1, 0.15) is 18.3 Å². The Morgan fingerprint density at radius 1 is 1.11 bits per heavy atom. The molecule has 0 unspecified atom stereocenters. The normalized spacial score (nSPS) is 11.4. The van der Waals surface area contributed by atoms with Crippen LogP contribution in [0.15, 0.2) is 35.3 Å². The number of ether oxygens (including phenoxy) is 1. The van der Waals surface area contributed by atoms with Gasteiger partial charge in [0.15, 0.2) is 0 Å². The predicted molar refractivity (Wildman–Crippen MR) is 69.4 cm³/mol. The molecule has 0 atom stereocenters. The molecular weight excluding hydrogens is 228 g/mol. The fourth-order valence-corrected chi connectivity index (χ4v) is 1.48. The third-order valence-corrected chi connectivity index (χ3v) is 2.36. The number of methoxy groups -OCH3 is 1. The summed E-state index contributed by atoms with van der Waals surface area (Å²) in [7, 11) is 1.52. The minimum absolute atomic E-state index is 0.280. The first-order valence-corrected chi connectivity index (χ1v) is 5.56. The first-order valence-electron chi connectivity index (χ1n) is 5.56. The maximum atomic E-state index is 4.99. The molecule has 5 nitrogen and oxygen atoms in total. The minimum atomic E-state index is 0.280. The third kappa shape index (κ3) is 2.88. The lowest BCUT2D eigenvalue weighted by molar-refractivity contribution is 0.377. The minimum Gasteiger partial charge on any atom is -0.467 e. The van der Waals surface area contributed by atoms with Gasteiger partial charge in [0.2, 0.25) is 0 Å². The van der Waals surface area contributed by atoms with Crippen LogP contribution in [0.3, 0.4) is 0 Å². The Labute approximate surface area is 106 Å². The molecule has 0 amide bonds. The van der Waals surface area contributed by atoms with E-state index in [4.69, 9.17) is 4.74 Å². The van der Waals surface area contributed by atoms with Crippen molar-refractivity contribution in [1.82, 2.24) is 15.0 Å². The van der Waals surface area contributed by atoms with Gasteiger partial charge in [-0.2, -0.15) is 15.0 Å². The van der Waals surface area contributed by atoms with Crippen LogP contribution in [0.25, 0.3) is 0 Å². The molecule has 0 saturated heterocycles. The van der Waals surface area contributed by atoms with E-state index in [1.54, 1.807) is 6.92 Å². The topological polar surface area (TPSA) is 60.3 Å². The number of aliphatic imine (C=N–C) groups is 1. The van der Waals surface area contributed by atoms with Gasteiger partial charge in [0.05, 0.1) is 7.11 Å². The van der Waals surface area contributed by atoms with Crippen LogP contribution < -0.4 is 4.74 Å². The van der Waals surface area contributed by atoms with Crippen molar-refractivity contribution in [1.29, 1.82) is 0 Å². The maximum absolute atomic E-state index is 4.99. The Morgan fingerprint density at radius 3 is 2.50 bits per heavy atom. The van der Waals surface area contributed by atoms with Crippen LogP contribution in [-0.2, 0) is 0 Å². The monoisotopic (exact) mass is 242 g/mol. The number of benzene rings is 1. The van der Waals surface area contributed by atoms with Crippen molar-refractivity contribution in [3.8, 4) is 6.01 Å². The summed E-state index contributed by atoms with van der Waals surface area (Å²) in [5.74, 6) is 0.946. The molecule has 1 heterocycles. The number of rotatable bonds is 3. The molecule has 1 aromatic carbocycles. The molecule has 0 fully saturated rings. The van der Waals surface area contributed by atoms with E-state index in [0.717, 1.165) is 11.3 Å². The molecule has 0 saturated carbocycles. The molecular formula is C13H14N4O. The lowest BCUT2D eigenvalue weighted by Gasteiger charge is -2.02. The molecule has 0 spiro atoms. The highest BCUT2D eigenvalue weighted by Crippen LogP contribution is 2.12. The first kappa shape index (κ1) is 12.2. The summed E-state index contributed by atoms with van der Waals surface area (Å²) in [6.07, 6.45) is 0. The second-order valence-corrected chi connectivity index (χ2v) is 3.73. The van der Waals surface area contributed by atoms with Gasteiger partial charge in [0.1, 0.15) is 5.82 Å².